The summed E-state index contributed by atoms with van der Waals surface area (Å²) in [6, 6.07) is 1.33. The molecular formula is C11H16F3N3O. The predicted octanol–water partition coefficient (Wildman–Crippen LogP) is 2.26. The number of alkyl halides is 3. The van der Waals surface area contributed by atoms with Crippen molar-refractivity contribution in [1.29, 1.82) is 0 Å². The molecule has 4 nitrogen and oxygen atoms in total. The Morgan fingerprint density at radius 2 is 2.11 bits per heavy atom. The number of aromatic nitrogens is 1. The van der Waals surface area contributed by atoms with Crippen molar-refractivity contribution in [3.8, 4) is 0 Å². The van der Waals surface area contributed by atoms with Gasteiger partial charge in [0.25, 0.3) is 5.91 Å². The maximum absolute atomic E-state index is 12.4. The first kappa shape index (κ1) is 14.4. The average Bonchev–Trinajstić information content (AvgIpc) is 2.59. The molecular weight excluding hydrogens is 247 g/mol. The summed E-state index contributed by atoms with van der Waals surface area (Å²) < 4.78 is 37.2. The Balaban J connectivity index is 2.85. The molecule has 0 aromatic carbocycles. The SMILES string of the molecule is CC(C)CN(CC(F)(F)F)C(=O)c1cc(N)c[nH]1. The number of nitrogens with one attached hydrogen (secondary N) is 1. The van der Waals surface area contributed by atoms with Gasteiger partial charge >= 0.3 is 6.18 Å². The van der Waals surface area contributed by atoms with Crippen LogP contribution in [0.5, 0.6) is 0 Å². The number of anilines is 1. The number of carbonyl (C=O) groups excluding carboxylic acids is 1. The molecule has 18 heavy (non-hydrogen) atoms. The second-order valence-corrected chi connectivity index (χ2v) is 4.54. The molecule has 3 N–H and O–H groups in total. The van der Waals surface area contributed by atoms with Gasteiger partial charge in [-0.3, -0.25) is 4.79 Å². The molecule has 0 spiro atoms. The van der Waals surface area contributed by atoms with Gasteiger partial charge in [-0.15, -0.1) is 0 Å². The fourth-order valence-corrected chi connectivity index (χ4v) is 1.58. The topological polar surface area (TPSA) is 62.1 Å². The quantitative estimate of drug-likeness (QED) is 0.875. The molecule has 0 bridgehead atoms. The molecule has 1 amide bonds. The highest BCUT2D eigenvalue weighted by atomic mass is 19.4. The number of aromatic amines is 1. The van der Waals surface area contributed by atoms with Crippen LogP contribution in [0, 0.1) is 5.92 Å². The van der Waals surface area contributed by atoms with E-state index in [-0.39, 0.29) is 18.2 Å². The summed E-state index contributed by atoms with van der Waals surface area (Å²) in [4.78, 5) is 15.2. The van der Waals surface area contributed by atoms with Crippen molar-refractivity contribution >= 4 is 11.6 Å². The van der Waals surface area contributed by atoms with Crippen LogP contribution in [-0.2, 0) is 0 Å². The Morgan fingerprint density at radius 3 is 2.50 bits per heavy atom. The zero-order chi connectivity index (χ0) is 13.9. The van der Waals surface area contributed by atoms with Crippen LogP contribution in [0.4, 0.5) is 18.9 Å². The van der Waals surface area contributed by atoms with Gasteiger partial charge in [-0.25, -0.2) is 0 Å². The molecule has 1 aromatic heterocycles. The van der Waals surface area contributed by atoms with Crippen LogP contribution in [0.25, 0.3) is 0 Å². The fourth-order valence-electron chi connectivity index (χ4n) is 1.58. The molecule has 0 aliphatic rings. The molecule has 1 heterocycles. The summed E-state index contributed by atoms with van der Waals surface area (Å²) in [6.07, 6.45) is -3.04. The van der Waals surface area contributed by atoms with Gasteiger partial charge in [0, 0.05) is 18.4 Å². The number of H-pyrrole nitrogens is 1. The molecule has 102 valence electrons. The van der Waals surface area contributed by atoms with E-state index in [9.17, 15) is 18.0 Å². The van der Waals surface area contributed by atoms with E-state index in [1.165, 1.54) is 12.3 Å². The van der Waals surface area contributed by atoms with E-state index in [0.29, 0.717) is 5.69 Å². The molecule has 0 fully saturated rings. The van der Waals surface area contributed by atoms with Crippen molar-refractivity contribution < 1.29 is 18.0 Å². The maximum atomic E-state index is 12.4. The number of hydrogen-bond donors (Lipinski definition) is 2. The van der Waals surface area contributed by atoms with Crippen molar-refractivity contribution in [2.45, 2.75) is 20.0 Å². The normalized spacial score (nSPS) is 11.9. The molecule has 0 radical (unpaired) electrons. The molecule has 0 aliphatic heterocycles. The Morgan fingerprint density at radius 1 is 1.50 bits per heavy atom. The number of halogens is 3. The molecule has 7 heteroatoms. The van der Waals surface area contributed by atoms with Gasteiger partial charge in [-0.1, -0.05) is 13.8 Å². The van der Waals surface area contributed by atoms with Crippen LogP contribution in [0.2, 0.25) is 0 Å². The summed E-state index contributed by atoms with van der Waals surface area (Å²) in [5, 5.41) is 0. The fraction of sp³-hybridized carbons (Fsp3) is 0.545. The van der Waals surface area contributed by atoms with Crippen molar-refractivity contribution in [2.24, 2.45) is 5.92 Å². The third-order valence-corrected chi connectivity index (χ3v) is 2.18. The lowest BCUT2D eigenvalue weighted by Crippen LogP contribution is -2.41. The Labute approximate surface area is 103 Å². The number of hydrogen-bond acceptors (Lipinski definition) is 2. The van der Waals surface area contributed by atoms with Gasteiger partial charge in [0.1, 0.15) is 12.2 Å². The monoisotopic (exact) mass is 263 g/mol. The molecule has 1 aromatic rings. The highest BCUT2D eigenvalue weighted by molar-refractivity contribution is 5.93. The van der Waals surface area contributed by atoms with Gasteiger partial charge in [0.15, 0.2) is 0 Å². The molecule has 0 saturated heterocycles. The van der Waals surface area contributed by atoms with Crippen LogP contribution >= 0.6 is 0 Å². The van der Waals surface area contributed by atoms with Crippen LogP contribution in [0.1, 0.15) is 24.3 Å². The van der Waals surface area contributed by atoms with Gasteiger partial charge in [-0.2, -0.15) is 13.2 Å². The van der Waals surface area contributed by atoms with E-state index in [1.54, 1.807) is 13.8 Å². The smallest absolute Gasteiger partial charge is 0.397 e. The minimum Gasteiger partial charge on any atom is -0.397 e. The number of rotatable bonds is 4. The van der Waals surface area contributed by atoms with Crippen LogP contribution in [-0.4, -0.2) is 35.1 Å². The molecule has 0 saturated carbocycles. The van der Waals surface area contributed by atoms with Crippen molar-refractivity contribution in [3.05, 3.63) is 18.0 Å². The first-order valence-electron chi connectivity index (χ1n) is 5.49. The lowest BCUT2D eigenvalue weighted by atomic mass is 10.2. The molecule has 1 rings (SSSR count). The Bertz CT molecular complexity index is 412. The second-order valence-electron chi connectivity index (χ2n) is 4.54. The molecule has 0 aliphatic carbocycles. The number of amides is 1. The summed E-state index contributed by atoms with van der Waals surface area (Å²) in [5.74, 6) is -0.749. The predicted molar refractivity (Wildman–Crippen MR) is 62.0 cm³/mol. The van der Waals surface area contributed by atoms with Crippen molar-refractivity contribution in [1.82, 2.24) is 9.88 Å². The number of carbonyl (C=O) groups is 1. The van der Waals surface area contributed by atoms with E-state index in [2.05, 4.69) is 4.98 Å². The minimum atomic E-state index is -4.41. The van der Waals surface area contributed by atoms with E-state index in [4.69, 9.17) is 5.73 Å². The largest absolute Gasteiger partial charge is 0.406 e. The Hall–Kier alpha value is -1.66. The lowest BCUT2D eigenvalue weighted by molar-refractivity contribution is -0.141. The first-order valence-corrected chi connectivity index (χ1v) is 5.49. The third-order valence-electron chi connectivity index (χ3n) is 2.18. The highest BCUT2D eigenvalue weighted by Crippen LogP contribution is 2.19. The van der Waals surface area contributed by atoms with Gasteiger partial charge < -0.3 is 15.6 Å². The average molecular weight is 263 g/mol. The maximum Gasteiger partial charge on any atom is 0.406 e. The zero-order valence-corrected chi connectivity index (χ0v) is 10.2. The first-order chi connectivity index (χ1) is 8.19. The summed E-state index contributed by atoms with van der Waals surface area (Å²) in [7, 11) is 0. The lowest BCUT2D eigenvalue weighted by Gasteiger charge is -2.25. The summed E-state index contributed by atoms with van der Waals surface area (Å²) in [5.41, 5.74) is 5.80. The van der Waals surface area contributed by atoms with E-state index in [1.807, 2.05) is 0 Å². The van der Waals surface area contributed by atoms with Gasteiger partial charge in [0.05, 0.1) is 0 Å². The third kappa shape index (κ3) is 4.31. The van der Waals surface area contributed by atoms with Crippen LogP contribution in [0.3, 0.4) is 0 Å². The standard InChI is InChI=1S/C11H16F3N3O/c1-7(2)5-17(6-11(12,13)14)10(18)9-3-8(15)4-16-9/h3-4,7,16H,5-6,15H2,1-2H3. The van der Waals surface area contributed by atoms with Crippen LogP contribution < -0.4 is 5.73 Å². The van der Waals surface area contributed by atoms with Crippen LogP contribution in [0.15, 0.2) is 12.3 Å². The zero-order valence-electron chi connectivity index (χ0n) is 10.2. The molecule has 0 atom stereocenters. The molecule has 0 unspecified atom stereocenters. The minimum absolute atomic E-state index is 0.0390. The van der Waals surface area contributed by atoms with E-state index >= 15 is 0 Å². The van der Waals surface area contributed by atoms with Crippen molar-refractivity contribution in [2.75, 3.05) is 18.8 Å². The van der Waals surface area contributed by atoms with E-state index < -0.39 is 18.6 Å². The highest BCUT2D eigenvalue weighted by Gasteiger charge is 2.33. The number of nitrogens with two attached hydrogens (primary N) is 1. The summed E-state index contributed by atoms with van der Waals surface area (Å²) in [6.45, 7) is 2.28. The summed E-state index contributed by atoms with van der Waals surface area (Å²) >= 11 is 0. The van der Waals surface area contributed by atoms with Gasteiger partial charge in [0.2, 0.25) is 0 Å². The Kier molecular flexibility index (Phi) is 4.26. The number of nitrogen functional groups attached to an aromatic ring is 1. The number of nitrogens with zero attached hydrogens (tertiary/aromatic N) is 1. The van der Waals surface area contributed by atoms with E-state index in [0.717, 1.165) is 4.90 Å². The van der Waals surface area contributed by atoms with Crippen molar-refractivity contribution in [3.63, 3.8) is 0 Å². The van der Waals surface area contributed by atoms with Gasteiger partial charge in [-0.05, 0) is 12.0 Å². The second kappa shape index (κ2) is 5.32.